The Morgan fingerprint density at radius 1 is 1.38 bits per heavy atom. The quantitative estimate of drug-likeness (QED) is 0.750. The van der Waals surface area contributed by atoms with E-state index in [-0.39, 0.29) is 0 Å². The van der Waals surface area contributed by atoms with Crippen LogP contribution in [0.15, 0.2) is 18.2 Å². The van der Waals surface area contributed by atoms with Crippen LogP contribution in [0.2, 0.25) is 0 Å². The Labute approximate surface area is 96.1 Å². The van der Waals surface area contributed by atoms with Crippen LogP contribution in [0.4, 0.5) is 0 Å². The standard InChI is InChI=1S/C14H18N2/c1-3-10-4-5-13-11(7-10)12-8-15-9(2)6-14(12)16-13/h4-5,7,9,15-16H,3,6,8H2,1-2H3. The molecule has 16 heavy (non-hydrogen) atoms. The number of aromatic amines is 1. The van der Waals surface area contributed by atoms with E-state index in [1.165, 1.54) is 27.7 Å². The van der Waals surface area contributed by atoms with Gasteiger partial charge in [-0.3, -0.25) is 0 Å². The number of rotatable bonds is 1. The van der Waals surface area contributed by atoms with E-state index in [2.05, 4.69) is 42.3 Å². The van der Waals surface area contributed by atoms with Crippen LogP contribution in [-0.4, -0.2) is 11.0 Å². The summed E-state index contributed by atoms with van der Waals surface area (Å²) >= 11 is 0. The van der Waals surface area contributed by atoms with E-state index in [1.807, 2.05) is 0 Å². The van der Waals surface area contributed by atoms with Gasteiger partial charge in [0.05, 0.1) is 0 Å². The van der Waals surface area contributed by atoms with E-state index in [0.29, 0.717) is 6.04 Å². The highest BCUT2D eigenvalue weighted by atomic mass is 14.9. The second-order valence-corrected chi connectivity index (χ2v) is 4.80. The van der Waals surface area contributed by atoms with Crippen molar-refractivity contribution in [2.75, 3.05) is 0 Å². The molecule has 1 atom stereocenters. The summed E-state index contributed by atoms with van der Waals surface area (Å²) in [4.78, 5) is 3.56. The van der Waals surface area contributed by atoms with Gasteiger partial charge in [0.25, 0.3) is 0 Å². The molecule has 0 fully saturated rings. The van der Waals surface area contributed by atoms with Crippen molar-refractivity contribution in [3.05, 3.63) is 35.0 Å². The number of benzene rings is 1. The molecule has 2 nitrogen and oxygen atoms in total. The highest BCUT2D eigenvalue weighted by Gasteiger charge is 2.18. The third-order valence-corrected chi connectivity index (χ3v) is 3.60. The zero-order valence-electron chi connectivity index (χ0n) is 9.93. The number of H-pyrrole nitrogens is 1. The van der Waals surface area contributed by atoms with Crippen LogP contribution >= 0.6 is 0 Å². The molecule has 0 saturated carbocycles. The number of hydrogen-bond donors (Lipinski definition) is 2. The normalized spacial score (nSPS) is 20.0. The van der Waals surface area contributed by atoms with Crippen molar-refractivity contribution in [1.29, 1.82) is 0 Å². The molecule has 1 aliphatic rings. The molecule has 1 aliphatic heterocycles. The molecule has 0 amide bonds. The van der Waals surface area contributed by atoms with Crippen molar-refractivity contribution in [3.63, 3.8) is 0 Å². The monoisotopic (exact) mass is 214 g/mol. The SMILES string of the molecule is CCc1ccc2[nH]c3c(c2c1)CNC(C)C3. The summed E-state index contributed by atoms with van der Waals surface area (Å²) in [6.45, 7) is 5.45. The van der Waals surface area contributed by atoms with Gasteiger partial charge in [-0.2, -0.15) is 0 Å². The molecule has 2 N–H and O–H groups in total. The minimum absolute atomic E-state index is 0.589. The molecule has 0 saturated heterocycles. The Kier molecular flexibility index (Phi) is 2.25. The molecule has 2 aromatic rings. The second kappa shape index (κ2) is 3.63. The van der Waals surface area contributed by atoms with Crippen molar-refractivity contribution < 1.29 is 0 Å². The molecule has 0 spiro atoms. The van der Waals surface area contributed by atoms with Crippen LogP contribution in [0.5, 0.6) is 0 Å². The Morgan fingerprint density at radius 2 is 2.25 bits per heavy atom. The zero-order valence-corrected chi connectivity index (χ0v) is 9.93. The van der Waals surface area contributed by atoms with Crippen molar-refractivity contribution in [3.8, 4) is 0 Å². The van der Waals surface area contributed by atoms with Crippen LogP contribution in [0.3, 0.4) is 0 Å². The third kappa shape index (κ3) is 1.45. The maximum Gasteiger partial charge on any atom is 0.0459 e. The summed E-state index contributed by atoms with van der Waals surface area (Å²) < 4.78 is 0. The molecular weight excluding hydrogens is 196 g/mol. The predicted molar refractivity (Wildman–Crippen MR) is 67.7 cm³/mol. The maximum atomic E-state index is 3.56. The van der Waals surface area contributed by atoms with Crippen molar-refractivity contribution >= 4 is 10.9 Å². The second-order valence-electron chi connectivity index (χ2n) is 4.80. The molecule has 0 bridgehead atoms. The maximum absolute atomic E-state index is 3.56. The van der Waals surface area contributed by atoms with E-state index in [0.717, 1.165) is 19.4 Å². The van der Waals surface area contributed by atoms with E-state index in [9.17, 15) is 0 Å². The van der Waals surface area contributed by atoms with Gasteiger partial charge in [0, 0.05) is 35.6 Å². The van der Waals surface area contributed by atoms with Crippen LogP contribution in [0.25, 0.3) is 10.9 Å². The van der Waals surface area contributed by atoms with Crippen LogP contribution in [0.1, 0.15) is 30.7 Å². The van der Waals surface area contributed by atoms with Crippen molar-refractivity contribution in [1.82, 2.24) is 10.3 Å². The lowest BCUT2D eigenvalue weighted by molar-refractivity contribution is 0.511. The molecule has 1 aromatic carbocycles. The summed E-state index contributed by atoms with van der Waals surface area (Å²) in [5.41, 5.74) is 5.61. The van der Waals surface area contributed by atoms with Crippen molar-refractivity contribution in [2.45, 2.75) is 39.3 Å². The van der Waals surface area contributed by atoms with Gasteiger partial charge in [-0.25, -0.2) is 0 Å². The summed E-state index contributed by atoms with van der Waals surface area (Å²) in [6, 6.07) is 7.37. The first-order valence-electron chi connectivity index (χ1n) is 6.13. The topological polar surface area (TPSA) is 27.8 Å². The smallest absolute Gasteiger partial charge is 0.0459 e. The molecular formula is C14H18N2. The Morgan fingerprint density at radius 3 is 3.06 bits per heavy atom. The molecule has 3 rings (SSSR count). The number of nitrogens with one attached hydrogen (secondary N) is 2. The highest BCUT2D eigenvalue weighted by Crippen LogP contribution is 2.27. The predicted octanol–water partition coefficient (Wildman–Crippen LogP) is 2.76. The fourth-order valence-electron chi connectivity index (χ4n) is 2.60. The fourth-order valence-corrected chi connectivity index (χ4v) is 2.60. The average Bonchev–Trinajstić information content (AvgIpc) is 2.65. The number of aryl methyl sites for hydroxylation is 1. The number of hydrogen-bond acceptors (Lipinski definition) is 1. The van der Waals surface area contributed by atoms with Gasteiger partial charge in [0.2, 0.25) is 0 Å². The van der Waals surface area contributed by atoms with E-state index < -0.39 is 0 Å². The molecule has 2 heteroatoms. The molecule has 2 heterocycles. The Bertz CT molecular complexity index is 525. The van der Waals surface area contributed by atoms with Crippen LogP contribution in [-0.2, 0) is 19.4 Å². The van der Waals surface area contributed by atoms with E-state index >= 15 is 0 Å². The zero-order chi connectivity index (χ0) is 11.1. The molecule has 1 aromatic heterocycles. The van der Waals surface area contributed by atoms with Crippen LogP contribution < -0.4 is 5.32 Å². The van der Waals surface area contributed by atoms with E-state index in [1.54, 1.807) is 0 Å². The van der Waals surface area contributed by atoms with Gasteiger partial charge >= 0.3 is 0 Å². The van der Waals surface area contributed by atoms with Gasteiger partial charge in [0.15, 0.2) is 0 Å². The Hall–Kier alpha value is -1.28. The summed E-state index contributed by atoms with van der Waals surface area (Å²) in [5, 5.41) is 4.94. The van der Waals surface area contributed by atoms with Crippen molar-refractivity contribution in [2.24, 2.45) is 0 Å². The fraction of sp³-hybridized carbons (Fsp3) is 0.429. The first kappa shape index (κ1) is 9.91. The highest BCUT2D eigenvalue weighted by molar-refractivity contribution is 5.85. The Balaban J connectivity index is 2.18. The number of aromatic nitrogens is 1. The largest absolute Gasteiger partial charge is 0.358 e. The first-order valence-corrected chi connectivity index (χ1v) is 6.13. The first-order chi connectivity index (χ1) is 7.78. The lowest BCUT2D eigenvalue weighted by Crippen LogP contribution is -2.32. The van der Waals surface area contributed by atoms with Gasteiger partial charge in [-0.15, -0.1) is 0 Å². The number of fused-ring (bicyclic) bond motifs is 3. The summed E-state index contributed by atoms with van der Waals surface area (Å²) in [6.07, 6.45) is 2.23. The summed E-state index contributed by atoms with van der Waals surface area (Å²) in [5.74, 6) is 0. The average molecular weight is 214 g/mol. The lowest BCUT2D eigenvalue weighted by atomic mass is 10.0. The minimum atomic E-state index is 0.589. The van der Waals surface area contributed by atoms with Crippen LogP contribution in [0, 0.1) is 0 Å². The molecule has 0 radical (unpaired) electrons. The van der Waals surface area contributed by atoms with Gasteiger partial charge in [0.1, 0.15) is 0 Å². The molecule has 84 valence electrons. The third-order valence-electron chi connectivity index (χ3n) is 3.60. The lowest BCUT2D eigenvalue weighted by Gasteiger charge is -2.20. The summed E-state index contributed by atoms with van der Waals surface area (Å²) in [7, 11) is 0. The molecule has 1 unspecified atom stereocenters. The van der Waals surface area contributed by atoms with Gasteiger partial charge < -0.3 is 10.3 Å². The van der Waals surface area contributed by atoms with Gasteiger partial charge in [-0.1, -0.05) is 13.0 Å². The minimum Gasteiger partial charge on any atom is -0.358 e. The molecule has 0 aliphatic carbocycles. The van der Waals surface area contributed by atoms with Gasteiger partial charge in [-0.05, 0) is 36.6 Å². The van der Waals surface area contributed by atoms with E-state index in [4.69, 9.17) is 0 Å².